The van der Waals surface area contributed by atoms with E-state index in [1.165, 1.54) is 17.8 Å². The largest absolute Gasteiger partial charge is 0.494 e. The SMILES string of the molecule is C=CC(=O)OCCCCCCOc1ccc(SC(O)c2ccc3c(ccc4cc(OCCCOC(=O)C=C)ccc43)c2)cc1. The van der Waals surface area contributed by atoms with E-state index >= 15 is 0 Å². The topological polar surface area (TPSA) is 91.3 Å². The van der Waals surface area contributed by atoms with Crippen molar-refractivity contribution in [3.05, 3.63) is 104 Å². The molecule has 0 heterocycles. The standard InChI is InChI=1S/C36H38O7S/c1-3-34(37)42-21-8-6-5-7-20-40-29-13-16-31(17-14-29)44-36(39)28-12-18-32-26(24-28)10-11-27-25-30(15-19-33(27)32)41-22-9-23-43-35(38)4-2/h3-4,10-19,24-25,36,39H,1-2,5-9,20-23H2. The summed E-state index contributed by atoms with van der Waals surface area (Å²) in [5.41, 5.74) is 0.118. The Morgan fingerprint density at radius 1 is 0.659 bits per heavy atom. The van der Waals surface area contributed by atoms with Crippen LogP contribution in [-0.4, -0.2) is 43.5 Å². The summed E-state index contributed by atoms with van der Waals surface area (Å²) < 4.78 is 21.6. The molecule has 0 amide bonds. The number of esters is 2. The van der Waals surface area contributed by atoms with Crippen LogP contribution in [0.15, 0.2) is 103 Å². The molecule has 4 rings (SSSR count). The van der Waals surface area contributed by atoms with Gasteiger partial charge in [0.15, 0.2) is 0 Å². The van der Waals surface area contributed by atoms with Gasteiger partial charge in [0.25, 0.3) is 0 Å². The molecule has 4 aromatic carbocycles. The molecule has 8 heteroatoms. The number of aliphatic hydroxyl groups excluding tert-OH is 1. The Morgan fingerprint density at radius 3 is 1.89 bits per heavy atom. The van der Waals surface area contributed by atoms with E-state index in [4.69, 9.17) is 18.9 Å². The second-order valence-corrected chi connectivity index (χ2v) is 11.2. The van der Waals surface area contributed by atoms with Gasteiger partial charge < -0.3 is 24.1 Å². The van der Waals surface area contributed by atoms with Crippen LogP contribution in [0.25, 0.3) is 21.5 Å². The lowest BCUT2D eigenvalue weighted by atomic mass is 10.00. The third-order valence-corrected chi connectivity index (χ3v) is 7.91. The summed E-state index contributed by atoms with van der Waals surface area (Å²) in [7, 11) is 0. The lowest BCUT2D eigenvalue weighted by molar-refractivity contribution is -0.138. The lowest BCUT2D eigenvalue weighted by Gasteiger charge is -2.14. The van der Waals surface area contributed by atoms with Crippen molar-refractivity contribution in [2.24, 2.45) is 0 Å². The molecular weight excluding hydrogens is 576 g/mol. The smallest absolute Gasteiger partial charge is 0.330 e. The fraction of sp³-hybridized carbons (Fsp3) is 0.278. The van der Waals surface area contributed by atoms with Crippen molar-refractivity contribution in [1.82, 2.24) is 0 Å². The number of fused-ring (bicyclic) bond motifs is 3. The first-order valence-corrected chi connectivity index (χ1v) is 15.6. The van der Waals surface area contributed by atoms with Gasteiger partial charge in [-0.2, -0.15) is 0 Å². The number of hydrogen-bond donors (Lipinski definition) is 1. The molecule has 0 spiro atoms. The van der Waals surface area contributed by atoms with Crippen LogP contribution in [0, 0.1) is 0 Å². The number of carbonyl (C=O) groups is 2. The molecule has 0 aromatic heterocycles. The number of thioether (sulfide) groups is 1. The zero-order valence-corrected chi connectivity index (χ0v) is 25.6. The summed E-state index contributed by atoms with van der Waals surface area (Å²) in [6, 6.07) is 23.9. The monoisotopic (exact) mass is 614 g/mol. The Hall–Kier alpha value is -4.27. The fourth-order valence-corrected chi connectivity index (χ4v) is 5.42. The van der Waals surface area contributed by atoms with Crippen LogP contribution >= 0.6 is 11.8 Å². The van der Waals surface area contributed by atoms with Crippen LogP contribution < -0.4 is 9.47 Å². The van der Waals surface area contributed by atoms with E-state index in [0.717, 1.165) is 75.3 Å². The highest BCUT2D eigenvalue weighted by Crippen LogP contribution is 2.36. The number of carbonyl (C=O) groups excluding carboxylic acids is 2. The van der Waals surface area contributed by atoms with Crippen LogP contribution in [0.1, 0.15) is 43.1 Å². The van der Waals surface area contributed by atoms with Gasteiger partial charge in [0.2, 0.25) is 0 Å². The van der Waals surface area contributed by atoms with Gasteiger partial charge in [0.1, 0.15) is 16.9 Å². The van der Waals surface area contributed by atoms with Crippen LogP contribution in [0.3, 0.4) is 0 Å². The van der Waals surface area contributed by atoms with Crippen molar-refractivity contribution in [2.75, 3.05) is 26.4 Å². The fourth-order valence-electron chi connectivity index (χ4n) is 4.58. The third-order valence-electron chi connectivity index (χ3n) is 6.87. The summed E-state index contributed by atoms with van der Waals surface area (Å²) in [6.45, 7) is 8.53. The second-order valence-electron chi connectivity index (χ2n) is 10.1. The first-order valence-electron chi connectivity index (χ1n) is 14.7. The molecular formula is C36H38O7S. The minimum absolute atomic E-state index is 0.288. The van der Waals surface area contributed by atoms with E-state index in [1.54, 1.807) is 0 Å². The van der Waals surface area contributed by atoms with Gasteiger partial charge in [-0.05, 0) is 95.3 Å². The minimum Gasteiger partial charge on any atom is -0.494 e. The molecule has 0 saturated heterocycles. The zero-order chi connectivity index (χ0) is 31.1. The Bertz CT molecular complexity index is 1560. The van der Waals surface area contributed by atoms with Gasteiger partial charge in [-0.1, -0.05) is 55.3 Å². The van der Waals surface area contributed by atoms with E-state index in [0.29, 0.717) is 26.2 Å². The van der Waals surface area contributed by atoms with Gasteiger partial charge in [-0.15, -0.1) is 0 Å². The molecule has 7 nitrogen and oxygen atoms in total. The molecule has 4 aromatic rings. The Balaban J connectivity index is 1.24. The van der Waals surface area contributed by atoms with Gasteiger partial charge in [0, 0.05) is 23.5 Å². The van der Waals surface area contributed by atoms with Crippen molar-refractivity contribution >= 4 is 45.2 Å². The maximum Gasteiger partial charge on any atom is 0.330 e. The van der Waals surface area contributed by atoms with E-state index in [1.807, 2.05) is 54.6 Å². The van der Waals surface area contributed by atoms with Crippen molar-refractivity contribution in [2.45, 2.75) is 42.4 Å². The quantitative estimate of drug-likeness (QED) is 0.0302. The normalized spacial score (nSPS) is 11.6. The lowest BCUT2D eigenvalue weighted by Crippen LogP contribution is -2.06. The predicted molar refractivity (Wildman–Crippen MR) is 175 cm³/mol. The third kappa shape index (κ3) is 9.89. The summed E-state index contributed by atoms with van der Waals surface area (Å²) in [5, 5.41) is 15.3. The first kappa shape index (κ1) is 32.6. The molecule has 0 aliphatic carbocycles. The highest BCUT2D eigenvalue weighted by Gasteiger charge is 2.12. The summed E-state index contributed by atoms with van der Waals surface area (Å²) in [4.78, 5) is 23.1. The van der Waals surface area contributed by atoms with Crippen molar-refractivity contribution in [3.8, 4) is 11.5 Å². The van der Waals surface area contributed by atoms with E-state index in [2.05, 4.69) is 31.4 Å². The van der Waals surface area contributed by atoms with Crippen molar-refractivity contribution in [3.63, 3.8) is 0 Å². The molecule has 0 bridgehead atoms. The molecule has 0 aliphatic rings. The Kier molecular flexibility index (Phi) is 12.7. The average molecular weight is 615 g/mol. The summed E-state index contributed by atoms with van der Waals surface area (Å²) in [6.07, 6.45) is 6.65. The Morgan fingerprint density at radius 2 is 1.20 bits per heavy atom. The summed E-state index contributed by atoms with van der Waals surface area (Å²) >= 11 is 1.39. The van der Waals surface area contributed by atoms with Gasteiger partial charge in [0.05, 0.1) is 26.4 Å². The average Bonchev–Trinajstić information content (AvgIpc) is 3.05. The molecule has 0 fully saturated rings. The maximum absolute atomic E-state index is 11.1. The maximum atomic E-state index is 11.1. The van der Waals surface area contributed by atoms with Crippen LogP contribution in [-0.2, 0) is 19.1 Å². The molecule has 230 valence electrons. The van der Waals surface area contributed by atoms with Gasteiger partial charge >= 0.3 is 11.9 Å². The van der Waals surface area contributed by atoms with Crippen LogP contribution in [0.4, 0.5) is 0 Å². The van der Waals surface area contributed by atoms with E-state index in [9.17, 15) is 14.7 Å². The number of ether oxygens (including phenoxy) is 4. The number of benzene rings is 4. The number of aliphatic hydroxyl groups is 1. The number of rotatable bonds is 18. The molecule has 1 atom stereocenters. The van der Waals surface area contributed by atoms with Crippen LogP contribution in [0.2, 0.25) is 0 Å². The van der Waals surface area contributed by atoms with Crippen molar-refractivity contribution < 1.29 is 33.6 Å². The van der Waals surface area contributed by atoms with Gasteiger partial charge in [-0.3, -0.25) is 0 Å². The highest BCUT2D eigenvalue weighted by atomic mass is 32.2. The molecule has 0 saturated carbocycles. The number of unbranched alkanes of at least 4 members (excludes halogenated alkanes) is 3. The molecule has 0 radical (unpaired) electrons. The zero-order valence-electron chi connectivity index (χ0n) is 24.7. The van der Waals surface area contributed by atoms with E-state index in [-0.39, 0.29) is 12.6 Å². The predicted octanol–water partition coefficient (Wildman–Crippen LogP) is 7.94. The molecule has 1 N–H and O–H groups in total. The van der Waals surface area contributed by atoms with E-state index < -0.39 is 11.4 Å². The van der Waals surface area contributed by atoms with Crippen molar-refractivity contribution in [1.29, 1.82) is 0 Å². The summed E-state index contributed by atoms with van der Waals surface area (Å²) in [5.74, 6) is 0.742. The molecule has 0 aliphatic heterocycles. The minimum atomic E-state index is -0.714. The Labute approximate surface area is 262 Å². The molecule has 44 heavy (non-hydrogen) atoms. The second kappa shape index (κ2) is 17.1. The van der Waals surface area contributed by atoms with Gasteiger partial charge in [-0.25, -0.2) is 9.59 Å². The number of hydrogen-bond acceptors (Lipinski definition) is 8. The molecule has 1 unspecified atom stereocenters. The highest BCUT2D eigenvalue weighted by molar-refractivity contribution is 7.99. The van der Waals surface area contributed by atoms with Crippen LogP contribution in [0.5, 0.6) is 11.5 Å². The first-order chi connectivity index (χ1) is 21.5.